The van der Waals surface area contributed by atoms with E-state index in [1.807, 2.05) is 6.92 Å². The standard InChI is InChI=1S/C20H22N2O5S/c1-4-25-16-9-13(5-6-15(16)26-10-12(2)3)20(24)27-11-17-21-14-7-8-28-18(14)19(23)22-17/h5-9,12H,4,10-11H2,1-3H3,(H,21,22,23). The zero-order valence-corrected chi connectivity index (χ0v) is 16.8. The molecule has 0 amide bonds. The van der Waals surface area contributed by atoms with Gasteiger partial charge < -0.3 is 19.2 Å². The quantitative estimate of drug-likeness (QED) is 0.577. The molecule has 2 aromatic heterocycles. The van der Waals surface area contributed by atoms with Gasteiger partial charge in [-0.25, -0.2) is 9.78 Å². The minimum atomic E-state index is -0.538. The van der Waals surface area contributed by atoms with Crippen molar-refractivity contribution < 1.29 is 19.0 Å². The molecule has 1 aromatic carbocycles. The number of aromatic nitrogens is 2. The number of benzene rings is 1. The van der Waals surface area contributed by atoms with Crippen molar-refractivity contribution in [3.05, 3.63) is 51.4 Å². The molecule has 0 radical (unpaired) electrons. The molecule has 0 aliphatic carbocycles. The molecule has 0 saturated heterocycles. The van der Waals surface area contributed by atoms with Gasteiger partial charge in [-0.1, -0.05) is 13.8 Å². The van der Waals surface area contributed by atoms with Crippen LogP contribution in [0.3, 0.4) is 0 Å². The summed E-state index contributed by atoms with van der Waals surface area (Å²) in [6, 6.07) is 6.67. The molecule has 28 heavy (non-hydrogen) atoms. The maximum Gasteiger partial charge on any atom is 0.338 e. The number of nitrogens with zero attached hydrogens (tertiary/aromatic N) is 1. The van der Waals surface area contributed by atoms with E-state index in [-0.39, 0.29) is 12.2 Å². The van der Waals surface area contributed by atoms with Gasteiger partial charge in [0.2, 0.25) is 0 Å². The molecule has 0 atom stereocenters. The predicted molar refractivity (Wildman–Crippen MR) is 107 cm³/mol. The number of H-pyrrole nitrogens is 1. The van der Waals surface area contributed by atoms with Gasteiger partial charge in [0.1, 0.15) is 17.1 Å². The topological polar surface area (TPSA) is 90.5 Å². The van der Waals surface area contributed by atoms with Crippen LogP contribution >= 0.6 is 11.3 Å². The van der Waals surface area contributed by atoms with Gasteiger partial charge >= 0.3 is 5.97 Å². The maximum atomic E-state index is 12.4. The van der Waals surface area contributed by atoms with Gasteiger partial charge in [0.05, 0.1) is 24.3 Å². The van der Waals surface area contributed by atoms with Gasteiger partial charge in [0.15, 0.2) is 11.5 Å². The second-order valence-electron chi connectivity index (χ2n) is 6.52. The molecule has 3 rings (SSSR count). The van der Waals surface area contributed by atoms with Gasteiger partial charge in [-0.05, 0) is 42.5 Å². The molecule has 148 valence electrons. The highest BCUT2D eigenvalue weighted by Gasteiger charge is 2.14. The van der Waals surface area contributed by atoms with Crippen molar-refractivity contribution >= 4 is 27.5 Å². The van der Waals surface area contributed by atoms with E-state index in [4.69, 9.17) is 14.2 Å². The third-order valence-electron chi connectivity index (χ3n) is 3.76. The molecular formula is C20H22N2O5S. The molecule has 0 aliphatic rings. The highest BCUT2D eigenvalue weighted by Crippen LogP contribution is 2.29. The summed E-state index contributed by atoms with van der Waals surface area (Å²) in [5, 5.41) is 1.79. The SMILES string of the molecule is CCOc1cc(C(=O)OCc2nc3ccsc3c(=O)[nH]2)ccc1OCC(C)C. The van der Waals surface area contributed by atoms with E-state index < -0.39 is 5.97 Å². The Balaban J connectivity index is 1.72. The summed E-state index contributed by atoms with van der Waals surface area (Å²) >= 11 is 1.32. The van der Waals surface area contributed by atoms with Crippen molar-refractivity contribution in [1.82, 2.24) is 9.97 Å². The van der Waals surface area contributed by atoms with Crippen LogP contribution in [-0.2, 0) is 11.3 Å². The fourth-order valence-electron chi connectivity index (χ4n) is 2.49. The first-order valence-electron chi connectivity index (χ1n) is 9.01. The molecule has 0 saturated carbocycles. The van der Waals surface area contributed by atoms with E-state index >= 15 is 0 Å². The van der Waals surface area contributed by atoms with Gasteiger partial charge in [-0.2, -0.15) is 0 Å². The van der Waals surface area contributed by atoms with Crippen LogP contribution in [0.2, 0.25) is 0 Å². The molecule has 0 aliphatic heterocycles. The van der Waals surface area contributed by atoms with E-state index in [1.54, 1.807) is 29.6 Å². The minimum Gasteiger partial charge on any atom is -0.490 e. The first kappa shape index (κ1) is 19.9. The molecule has 0 spiro atoms. The second kappa shape index (κ2) is 8.88. The van der Waals surface area contributed by atoms with Gasteiger partial charge in [-0.3, -0.25) is 4.79 Å². The Morgan fingerprint density at radius 2 is 2.04 bits per heavy atom. The Labute approximate surface area is 166 Å². The summed E-state index contributed by atoms with van der Waals surface area (Å²) in [4.78, 5) is 31.3. The van der Waals surface area contributed by atoms with Crippen molar-refractivity contribution in [3.63, 3.8) is 0 Å². The maximum absolute atomic E-state index is 12.4. The fourth-order valence-corrected chi connectivity index (χ4v) is 3.21. The lowest BCUT2D eigenvalue weighted by Crippen LogP contribution is -2.13. The molecule has 0 fully saturated rings. The Bertz CT molecular complexity index is 1020. The third-order valence-corrected chi connectivity index (χ3v) is 4.66. The van der Waals surface area contributed by atoms with E-state index in [9.17, 15) is 9.59 Å². The van der Waals surface area contributed by atoms with Crippen LogP contribution in [0.25, 0.3) is 10.2 Å². The van der Waals surface area contributed by atoms with E-state index in [0.29, 0.717) is 52.2 Å². The molecule has 2 heterocycles. The van der Waals surface area contributed by atoms with Crippen LogP contribution in [0.15, 0.2) is 34.4 Å². The Hall–Kier alpha value is -2.87. The molecule has 8 heteroatoms. The van der Waals surface area contributed by atoms with Crippen LogP contribution in [0.4, 0.5) is 0 Å². The molecule has 0 unspecified atom stereocenters. The zero-order valence-electron chi connectivity index (χ0n) is 16.0. The van der Waals surface area contributed by atoms with Gasteiger partial charge in [0.25, 0.3) is 5.56 Å². The zero-order chi connectivity index (χ0) is 20.1. The largest absolute Gasteiger partial charge is 0.490 e. The number of carbonyl (C=O) groups excluding carboxylic acids is 1. The highest BCUT2D eigenvalue weighted by molar-refractivity contribution is 7.17. The van der Waals surface area contributed by atoms with Crippen molar-refractivity contribution in [2.45, 2.75) is 27.4 Å². The van der Waals surface area contributed by atoms with Crippen LogP contribution in [0.5, 0.6) is 11.5 Å². The summed E-state index contributed by atoms with van der Waals surface area (Å²) in [5.74, 6) is 1.20. The molecule has 0 bridgehead atoms. The fraction of sp³-hybridized carbons (Fsp3) is 0.350. The van der Waals surface area contributed by atoms with Crippen molar-refractivity contribution in [2.24, 2.45) is 5.92 Å². The van der Waals surface area contributed by atoms with E-state index in [1.165, 1.54) is 11.3 Å². The monoisotopic (exact) mass is 402 g/mol. The summed E-state index contributed by atoms with van der Waals surface area (Å²) in [6.07, 6.45) is 0. The van der Waals surface area contributed by atoms with Gasteiger partial charge in [0, 0.05) is 0 Å². The Kier molecular flexibility index (Phi) is 6.30. The molecule has 3 aromatic rings. The first-order chi connectivity index (χ1) is 13.5. The van der Waals surface area contributed by atoms with E-state index in [0.717, 1.165) is 0 Å². The van der Waals surface area contributed by atoms with Crippen LogP contribution in [0.1, 0.15) is 37.0 Å². The number of ether oxygens (including phenoxy) is 3. The van der Waals surface area contributed by atoms with Crippen LogP contribution in [0, 0.1) is 5.92 Å². The number of hydrogen-bond acceptors (Lipinski definition) is 7. The molecule has 7 nitrogen and oxygen atoms in total. The van der Waals surface area contributed by atoms with Crippen LogP contribution < -0.4 is 15.0 Å². The third kappa shape index (κ3) is 4.69. The smallest absolute Gasteiger partial charge is 0.338 e. The average molecular weight is 402 g/mol. The molecule has 1 N–H and O–H groups in total. The number of nitrogens with one attached hydrogen (secondary N) is 1. The van der Waals surface area contributed by atoms with Crippen molar-refractivity contribution in [3.8, 4) is 11.5 Å². The number of esters is 1. The van der Waals surface area contributed by atoms with E-state index in [2.05, 4.69) is 23.8 Å². The van der Waals surface area contributed by atoms with Crippen LogP contribution in [-0.4, -0.2) is 29.2 Å². The second-order valence-corrected chi connectivity index (χ2v) is 7.44. The normalized spacial score (nSPS) is 11.0. The average Bonchev–Trinajstić information content (AvgIpc) is 3.14. The number of thiophene rings is 1. The number of carbonyl (C=O) groups is 1. The molecular weight excluding hydrogens is 380 g/mol. The summed E-state index contributed by atoms with van der Waals surface area (Å²) in [5.41, 5.74) is 0.681. The Morgan fingerprint density at radius 1 is 1.21 bits per heavy atom. The van der Waals surface area contributed by atoms with Gasteiger partial charge in [-0.15, -0.1) is 11.3 Å². The number of hydrogen-bond donors (Lipinski definition) is 1. The van der Waals surface area contributed by atoms with Crippen molar-refractivity contribution in [1.29, 1.82) is 0 Å². The summed E-state index contributed by atoms with van der Waals surface area (Å²) in [7, 11) is 0. The first-order valence-corrected chi connectivity index (χ1v) is 9.89. The summed E-state index contributed by atoms with van der Waals surface area (Å²) < 4.78 is 17.2. The highest BCUT2D eigenvalue weighted by atomic mass is 32.1. The minimum absolute atomic E-state index is 0.130. The summed E-state index contributed by atoms with van der Waals surface area (Å²) in [6.45, 7) is 6.83. The lowest BCUT2D eigenvalue weighted by molar-refractivity contribution is 0.0461. The van der Waals surface area contributed by atoms with Crippen molar-refractivity contribution in [2.75, 3.05) is 13.2 Å². The Morgan fingerprint density at radius 3 is 2.79 bits per heavy atom. The lowest BCUT2D eigenvalue weighted by Gasteiger charge is -2.14. The number of rotatable bonds is 8. The lowest BCUT2D eigenvalue weighted by atomic mass is 10.2. The number of aromatic amines is 1. The number of fused-ring (bicyclic) bond motifs is 1. The predicted octanol–water partition coefficient (Wildman–Crippen LogP) is 3.78.